The van der Waals surface area contributed by atoms with Crippen molar-refractivity contribution in [2.24, 2.45) is 0 Å². The van der Waals surface area contributed by atoms with Crippen molar-refractivity contribution >= 4 is 17.3 Å². The maximum atomic E-state index is 5.67. The Morgan fingerprint density at radius 1 is 0.923 bits per heavy atom. The Morgan fingerprint density at radius 3 is 2.31 bits per heavy atom. The van der Waals surface area contributed by atoms with Gasteiger partial charge in [-0.2, -0.15) is 0 Å². The molecule has 0 saturated heterocycles. The van der Waals surface area contributed by atoms with Crippen LogP contribution in [0.2, 0.25) is 0 Å². The van der Waals surface area contributed by atoms with Crippen molar-refractivity contribution in [3.05, 3.63) is 72.1 Å². The maximum Gasteiger partial charge on any atom is 0.136 e. The molecular formula is C21H24N4O. The number of ether oxygens (including phenoxy) is 1. The topological polar surface area (TPSA) is 59.1 Å². The number of aromatic nitrogens is 2. The third-order valence-electron chi connectivity index (χ3n) is 3.65. The third-order valence-corrected chi connectivity index (χ3v) is 3.65. The quantitative estimate of drug-likeness (QED) is 0.634. The first-order chi connectivity index (χ1) is 12.6. The summed E-state index contributed by atoms with van der Waals surface area (Å²) in [4.78, 5) is 8.92. The number of rotatable bonds is 7. The second kappa shape index (κ2) is 8.34. The van der Waals surface area contributed by atoms with Crippen LogP contribution < -0.4 is 15.4 Å². The monoisotopic (exact) mass is 348 g/mol. The Kier molecular flexibility index (Phi) is 5.69. The van der Waals surface area contributed by atoms with Gasteiger partial charge in [-0.05, 0) is 50.6 Å². The molecule has 0 radical (unpaired) electrons. The molecule has 0 saturated carbocycles. The molecule has 26 heavy (non-hydrogen) atoms. The maximum absolute atomic E-state index is 5.67. The first-order valence-electron chi connectivity index (χ1n) is 8.76. The van der Waals surface area contributed by atoms with Crippen LogP contribution in [0.4, 0.5) is 17.3 Å². The van der Waals surface area contributed by atoms with Crippen LogP contribution in [0.15, 0.2) is 60.7 Å². The lowest BCUT2D eigenvalue weighted by Crippen LogP contribution is -2.06. The van der Waals surface area contributed by atoms with E-state index in [1.807, 2.05) is 69.3 Å². The van der Waals surface area contributed by atoms with E-state index in [4.69, 9.17) is 4.74 Å². The van der Waals surface area contributed by atoms with Crippen molar-refractivity contribution in [3.8, 4) is 5.75 Å². The lowest BCUT2D eigenvalue weighted by molar-refractivity contribution is 0.242. The molecule has 0 spiro atoms. The van der Waals surface area contributed by atoms with E-state index in [1.165, 1.54) is 5.56 Å². The first-order valence-corrected chi connectivity index (χ1v) is 8.76. The Morgan fingerprint density at radius 2 is 1.62 bits per heavy atom. The summed E-state index contributed by atoms with van der Waals surface area (Å²) in [7, 11) is 0. The number of anilines is 3. The van der Waals surface area contributed by atoms with Crippen LogP contribution in [0.25, 0.3) is 0 Å². The van der Waals surface area contributed by atoms with Gasteiger partial charge in [0.25, 0.3) is 0 Å². The van der Waals surface area contributed by atoms with E-state index in [-0.39, 0.29) is 6.10 Å². The van der Waals surface area contributed by atoms with E-state index in [0.29, 0.717) is 5.82 Å². The number of nitrogens with zero attached hydrogens (tertiary/aromatic N) is 2. The molecule has 5 heteroatoms. The van der Waals surface area contributed by atoms with Gasteiger partial charge < -0.3 is 15.4 Å². The van der Waals surface area contributed by atoms with Crippen molar-refractivity contribution in [1.29, 1.82) is 0 Å². The number of benzene rings is 2. The predicted molar refractivity (Wildman–Crippen MR) is 106 cm³/mol. The van der Waals surface area contributed by atoms with Crippen LogP contribution >= 0.6 is 0 Å². The molecule has 0 aliphatic rings. The lowest BCUT2D eigenvalue weighted by Gasteiger charge is -2.12. The van der Waals surface area contributed by atoms with Gasteiger partial charge in [-0.3, -0.25) is 0 Å². The minimum Gasteiger partial charge on any atom is -0.491 e. The van der Waals surface area contributed by atoms with Crippen molar-refractivity contribution in [2.45, 2.75) is 33.4 Å². The summed E-state index contributed by atoms with van der Waals surface area (Å²) < 4.78 is 5.67. The highest BCUT2D eigenvalue weighted by atomic mass is 16.5. The van der Waals surface area contributed by atoms with Crippen molar-refractivity contribution in [1.82, 2.24) is 9.97 Å². The Labute approximate surface area is 154 Å². The normalized spacial score (nSPS) is 10.6. The third kappa shape index (κ3) is 5.21. The fourth-order valence-corrected chi connectivity index (χ4v) is 2.55. The van der Waals surface area contributed by atoms with E-state index < -0.39 is 0 Å². The molecule has 1 heterocycles. The second-order valence-electron chi connectivity index (χ2n) is 6.34. The lowest BCUT2D eigenvalue weighted by atomic mass is 10.2. The standard InChI is InChI=1S/C21H24N4O/c1-15(2)26-19-11-9-18(10-12-19)25-21-13-20(23-16(3)24-21)22-14-17-7-5-4-6-8-17/h4-13,15H,14H2,1-3H3,(H2,22,23,24,25). The first kappa shape index (κ1) is 17.7. The van der Waals surface area contributed by atoms with Crippen LogP contribution in [0.1, 0.15) is 25.2 Å². The Balaban J connectivity index is 1.67. The van der Waals surface area contributed by atoms with Gasteiger partial charge in [-0.25, -0.2) is 9.97 Å². The summed E-state index contributed by atoms with van der Waals surface area (Å²) in [5.41, 5.74) is 2.16. The van der Waals surface area contributed by atoms with E-state index in [9.17, 15) is 0 Å². The van der Waals surface area contributed by atoms with E-state index in [0.717, 1.165) is 29.6 Å². The minimum atomic E-state index is 0.163. The zero-order chi connectivity index (χ0) is 18.4. The Hall–Kier alpha value is -3.08. The summed E-state index contributed by atoms with van der Waals surface area (Å²) in [6, 6.07) is 20.0. The molecule has 0 aliphatic heterocycles. The number of aryl methyl sites for hydroxylation is 1. The van der Waals surface area contributed by atoms with Crippen LogP contribution in [-0.4, -0.2) is 16.1 Å². The summed E-state index contributed by atoms with van der Waals surface area (Å²) in [6.45, 7) is 6.63. The van der Waals surface area contributed by atoms with Crippen molar-refractivity contribution in [2.75, 3.05) is 10.6 Å². The molecule has 3 aromatic rings. The number of hydrogen-bond acceptors (Lipinski definition) is 5. The fraction of sp³-hybridized carbons (Fsp3) is 0.238. The fourth-order valence-electron chi connectivity index (χ4n) is 2.55. The van der Waals surface area contributed by atoms with Crippen LogP contribution in [0, 0.1) is 6.92 Å². The van der Waals surface area contributed by atoms with Gasteiger partial charge in [0.1, 0.15) is 23.2 Å². The van der Waals surface area contributed by atoms with E-state index in [1.54, 1.807) is 0 Å². The minimum absolute atomic E-state index is 0.163. The second-order valence-corrected chi connectivity index (χ2v) is 6.34. The van der Waals surface area contributed by atoms with Gasteiger partial charge in [0, 0.05) is 18.3 Å². The molecule has 0 bridgehead atoms. The zero-order valence-corrected chi connectivity index (χ0v) is 15.4. The van der Waals surface area contributed by atoms with Gasteiger partial charge in [-0.1, -0.05) is 30.3 Å². The molecule has 134 valence electrons. The number of nitrogens with one attached hydrogen (secondary N) is 2. The van der Waals surface area contributed by atoms with Gasteiger partial charge in [0.15, 0.2) is 0 Å². The molecule has 0 amide bonds. The molecule has 3 rings (SSSR count). The molecule has 5 nitrogen and oxygen atoms in total. The molecule has 0 aliphatic carbocycles. The molecule has 0 fully saturated rings. The highest BCUT2D eigenvalue weighted by molar-refractivity contribution is 5.60. The highest BCUT2D eigenvalue weighted by Crippen LogP contribution is 2.21. The predicted octanol–water partition coefficient (Wildman–Crippen LogP) is 4.93. The summed E-state index contributed by atoms with van der Waals surface area (Å²) in [5.74, 6) is 3.12. The van der Waals surface area contributed by atoms with E-state index in [2.05, 4.69) is 32.7 Å². The van der Waals surface area contributed by atoms with Gasteiger partial charge >= 0.3 is 0 Å². The average molecular weight is 348 g/mol. The van der Waals surface area contributed by atoms with Gasteiger partial charge in [0.05, 0.1) is 6.10 Å². The van der Waals surface area contributed by atoms with Gasteiger partial charge in [-0.15, -0.1) is 0 Å². The molecule has 2 aromatic carbocycles. The van der Waals surface area contributed by atoms with Gasteiger partial charge in [0.2, 0.25) is 0 Å². The summed E-state index contributed by atoms with van der Waals surface area (Å²) >= 11 is 0. The molecule has 1 aromatic heterocycles. The van der Waals surface area contributed by atoms with Crippen molar-refractivity contribution < 1.29 is 4.74 Å². The summed E-state index contributed by atoms with van der Waals surface area (Å²) in [6.07, 6.45) is 0.163. The summed E-state index contributed by atoms with van der Waals surface area (Å²) in [5, 5.41) is 6.66. The molecule has 0 unspecified atom stereocenters. The highest BCUT2D eigenvalue weighted by Gasteiger charge is 2.04. The average Bonchev–Trinajstić information content (AvgIpc) is 2.62. The smallest absolute Gasteiger partial charge is 0.136 e. The molecule has 0 atom stereocenters. The van der Waals surface area contributed by atoms with Crippen LogP contribution in [0.3, 0.4) is 0 Å². The van der Waals surface area contributed by atoms with E-state index >= 15 is 0 Å². The molecule has 2 N–H and O–H groups in total. The largest absolute Gasteiger partial charge is 0.491 e. The number of hydrogen-bond donors (Lipinski definition) is 2. The Bertz CT molecular complexity index is 832. The SMILES string of the molecule is Cc1nc(NCc2ccccc2)cc(Nc2ccc(OC(C)C)cc2)n1. The molecular weight excluding hydrogens is 324 g/mol. The van der Waals surface area contributed by atoms with Crippen LogP contribution in [0.5, 0.6) is 5.75 Å². The van der Waals surface area contributed by atoms with Crippen LogP contribution in [-0.2, 0) is 6.54 Å². The zero-order valence-electron chi connectivity index (χ0n) is 15.4. The van der Waals surface area contributed by atoms with Crippen molar-refractivity contribution in [3.63, 3.8) is 0 Å².